The molecule has 0 spiro atoms. The van der Waals surface area contributed by atoms with E-state index < -0.39 is 97.5 Å². The van der Waals surface area contributed by atoms with Crippen LogP contribution in [-0.4, -0.2) is 96.7 Å². The Morgan fingerprint density at radius 2 is 0.511 bits per heavy atom. The van der Waals surface area contributed by atoms with Gasteiger partial charge >= 0.3 is 39.5 Å². The average Bonchev–Trinajstić information content (AvgIpc) is 2.44. The lowest BCUT2D eigenvalue weighted by Crippen LogP contribution is -2.30. The normalized spacial score (nSPS) is 14.7. The van der Waals surface area contributed by atoms with Gasteiger partial charge in [0.05, 0.1) is 26.4 Å². The third kappa shape index (κ3) is 66.0. The number of hydrogen-bond acceptors (Lipinski definition) is 15. The third-order valence-electron chi connectivity index (χ3n) is 18.0. The maximum Gasteiger partial charge on any atom is 0.472 e. The number of carbonyl (C=O) groups excluding carboxylic acids is 4. The van der Waals surface area contributed by atoms with Crippen molar-refractivity contribution < 1.29 is 80.2 Å². The molecule has 0 aromatic carbocycles. The molecule has 0 aliphatic carbocycles. The largest absolute Gasteiger partial charge is 0.472 e. The Bertz CT molecular complexity index is 1850. The van der Waals surface area contributed by atoms with Gasteiger partial charge in [0.15, 0.2) is 12.2 Å². The Hall–Kier alpha value is -1.94. The maximum atomic E-state index is 13.1. The number of esters is 4. The van der Waals surface area contributed by atoms with E-state index in [2.05, 4.69) is 55.4 Å². The van der Waals surface area contributed by atoms with Gasteiger partial charge < -0.3 is 33.8 Å². The fraction of sp³-hybridized carbons (Fsp3) is 0.947. The summed E-state index contributed by atoms with van der Waals surface area (Å²) in [6.45, 7) is 14.2. The molecule has 0 aliphatic rings. The molecule has 0 amide bonds. The number of unbranched alkanes of at least 4 members (excludes halogenated alkanes) is 36. The quantitative estimate of drug-likeness (QED) is 0.0222. The second-order valence-electron chi connectivity index (χ2n) is 28.5. The number of aliphatic hydroxyl groups excluding tert-OH is 1. The van der Waals surface area contributed by atoms with Gasteiger partial charge in [0, 0.05) is 25.7 Å². The summed E-state index contributed by atoms with van der Waals surface area (Å²) >= 11 is 0. The number of hydrogen-bond donors (Lipinski definition) is 3. The molecular weight excluding hydrogens is 1230 g/mol. The molecule has 0 aromatic heterocycles. The van der Waals surface area contributed by atoms with Gasteiger partial charge in [-0.25, -0.2) is 9.13 Å². The molecule has 0 saturated heterocycles. The fourth-order valence-electron chi connectivity index (χ4n) is 11.3. The summed E-state index contributed by atoms with van der Waals surface area (Å²) in [4.78, 5) is 72.7. The summed E-state index contributed by atoms with van der Waals surface area (Å²) in [7, 11) is -9.91. The molecule has 94 heavy (non-hydrogen) atoms. The lowest BCUT2D eigenvalue weighted by molar-refractivity contribution is -0.161. The van der Waals surface area contributed by atoms with Crippen molar-refractivity contribution in [3.8, 4) is 0 Å². The van der Waals surface area contributed by atoms with E-state index in [4.69, 9.17) is 37.0 Å². The van der Waals surface area contributed by atoms with Crippen molar-refractivity contribution in [1.82, 2.24) is 0 Å². The van der Waals surface area contributed by atoms with Crippen LogP contribution in [-0.2, 0) is 65.4 Å². The summed E-state index contributed by atoms with van der Waals surface area (Å²) in [5.74, 6) is 0.944. The maximum absolute atomic E-state index is 13.1. The Balaban J connectivity index is 5.22. The molecular formula is C75H146O17P2. The van der Waals surface area contributed by atoms with Crippen molar-refractivity contribution in [3.05, 3.63) is 0 Å². The SMILES string of the molecule is CCC(C)CCCCCCCCCCCCCCCCC(=O)O[C@H](COC(=O)CCCCCCCCCC(C)C)COP(=O)(O)OC[C@@H](O)COP(=O)(O)OC[C@@H](COC(=O)CCCCCCCCC(C)CC)OC(=O)CCCCCCCCCCCCCCCC(C)C. The van der Waals surface area contributed by atoms with Gasteiger partial charge in [0.2, 0.25) is 0 Å². The zero-order valence-electron chi connectivity index (χ0n) is 61.6. The number of aliphatic hydroxyl groups is 1. The van der Waals surface area contributed by atoms with Gasteiger partial charge in [-0.3, -0.25) is 37.3 Å². The van der Waals surface area contributed by atoms with Crippen LogP contribution in [0.1, 0.15) is 376 Å². The van der Waals surface area contributed by atoms with Crippen molar-refractivity contribution in [1.29, 1.82) is 0 Å². The highest BCUT2D eigenvalue weighted by atomic mass is 31.2. The summed E-state index contributed by atoms with van der Waals surface area (Å²) < 4.78 is 68.5. The summed E-state index contributed by atoms with van der Waals surface area (Å²) in [5.41, 5.74) is 0. The Morgan fingerprint density at radius 1 is 0.298 bits per heavy atom. The molecule has 17 nitrogen and oxygen atoms in total. The molecule has 0 aliphatic heterocycles. The zero-order chi connectivity index (χ0) is 69.6. The Morgan fingerprint density at radius 3 is 0.755 bits per heavy atom. The average molecular weight is 1380 g/mol. The predicted molar refractivity (Wildman–Crippen MR) is 381 cm³/mol. The predicted octanol–water partition coefficient (Wildman–Crippen LogP) is 21.7. The molecule has 0 fully saturated rings. The highest BCUT2D eigenvalue weighted by Gasteiger charge is 2.30. The number of carbonyl (C=O) groups is 4. The van der Waals surface area contributed by atoms with Gasteiger partial charge in [-0.1, -0.05) is 325 Å². The highest BCUT2D eigenvalue weighted by Crippen LogP contribution is 2.45. The monoisotopic (exact) mass is 1380 g/mol. The molecule has 0 rings (SSSR count). The van der Waals surface area contributed by atoms with E-state index in [1.54, 1.807) is 0 Å². The minimum atomic E-state index is -4.96. The molecule has 0 aromatic rings. The molecule has 558 valence electrons. The number of phosphoric acid groups is 2. The van der Waals surface area contributed by atoms with E-state index >= 15 is 0 Å². The summed E-state index contributed by atoms with van der Waals surface area (Å²) in [6.07, 6.45) is 48.6. The Labute approximate surface area is 575 Å². The topological polar surface area (TPSA) is 237 Å². The first-order valence-corrected chi connectivity index (χ1v) is 41.8. The standard InChI is InChI=1S/C75H146O17P2/c1-9-67(7)53-45-37-29-23-19-15-11-12-16-20-24-30-41-49-57-74(79)91-70(61-85-72(77)55-47-39-32-26-28-36-44-52-66(5)6)63-89-93(81,82)87-59-69(76)60-88-94(83,84)90-64-71(62-86-73(78)56-48-40-34-33-38-46-54-68(8)10-2)92-75(80)58-50-42-31-25-21-17-13-14-18-22-27-35-43-51-65(3)4/h65-71,76H,9-64H2,1-8H3,(H,81,82)(H,83,84)/t67?,68?,69-,70-,71-/m1/s1. The number of rotatable bonds is 72. The van der Waals surface area contributed by atoms with Crippen LogP contribution in [0.4, 0.5) is 0 Å². The first-order valence-electron chi connectivity index (χ1n) is 38.8. The van der Waals surface area contributed by atoms with Gasteiger partial charge in [-0.15, -0.1) is 0 Å². The van der Waals surface area contributed by atoms with Crippen molar-refractivity contribution in [3.63, 3.8) is 0 Å². The highest BCUT2D eigenvalue weighted by molar-refractivity contribution is 7.47. The van der Waals surface area contributed by atoms with E-state index in [1.807, 2.05) is 0 Å². The van der Waals surface area contributed by atoms with E-state index in [-0.39, 0.29) is 25.7 Å². The molecule has 0 radical (unpaired) electrons. The van der Waals surface area contributed by atoms with Crippen LogP contribution in [0, 0.1) is 23.7 Å². The van der Waals surface area contributed by atoms with E-state index in [1.165, 1.54) is 167 Å². The number of phosphoric ester groups is 2. The van der Waals surface area contributed by atoms with Crippen LogP contribution in [0.5, 0.6) is 0 Å². The Kier molecular flexibility index (Phi) is 63.1. The second kappa shape index (κ2) is 64.4. The lowest BCUT2D eigenvalue weighted by atomic mass is 9.99. The molecule has 0 saturated carbocycles. The van der Waals surface area contributed by atoms with Gasteiger partial charge in [-0.2, -0.15) is 0 Å². The fourth-order valence-corrected chi connectivity index (χ4v) is 12.9. The van der Waals surface area contributed by atoms with Crippen molar-refractivity contribution in [2.24, 2.45) is 23.7 Å². The van der Waals surface area contributed by atoms with Crippen LogP contribution < -0.4 is 0 Å². The number of ether oxygens (including phenoxy) is 4. The van der Waals surface area contributed by atoms with Gasteiger partial charge in [0.25, 0.3) is 0 Å². The van der Waals surface area contributed by atoms with Crippen LogP contribution in [0.2, 0.25) is 0 Å². The van der Waals surface area contributed by atoms with Crippen molar-refractivity contribution in [2.45, 2.75) is 395 Å². The first-order chi connectivity index (χ1) is 45.2. The van der Waals surface area contributed by atoms with E-state index in [0.29, 0.717) is 31.6 Å². The molecule has 4 unspecified atom stereocenters. The van der Waals surface area contributed by atoms with Crippen LogP contribution in [0.3, 0.4) is 0 Å². The minimum Gasteiger partial charge on any atom is -0.462 e. The summed E-state index contributed by atoms with van der Waals surface area (Å²) in [5, 5.41) is 10.6. The van der Waals surface area contributed by atoms with Crippen LogP contribution in [0.25, 0.3) is 0 Å². The van der Waals surface area contributed by atoms with Crippen molar-refractivity contribution in [2.75, 3.05) is 39.6 Å². The van der Waals surface area contributed by atoms with Crippen LogP contribution >= 0.6 is 15.6 Å². The summed E-state index contributed by atoms with van der Waals surface area (Å²) in [6, 6.07) is 0. The van der Waals surface area contributed by atoms with E-state index in [9.17, 15) is 43.2 Å². The van der Waals surface area contributed by atoms with Crippen molar-refractivity contribution >= 4 is 39.5 Å². The molecule has 0 bridgehead atoms. The molecule has 3 N–H and O–H groups in total. The smallest absolute Gasteiger partial charge is 0.462 e. The van der Waals surface area contributed by atoms with Crippen LogP contribution in [0.15, 0.2) is 0 Å². The van der Waals surface area contributed by atoms with Gasteiger partial charge in [-0.05, 0) is 49.4 Å². The zero-order valence-corrected chi connectivity index (χ0v) is 63.4. The molecule has 0 heterocycles. The first kappa shape index (κ1) is 92.1. The third-order valence-corrected chi connectivity index (χ3v) is 19.9. The second-order valence-corrected chi connectivity index (χ2v) is 31.4. The van der Waals surface area contributed by atoms with Gasteiger partial charge in [0.1, 0.15) is 19.3 Å². The molecule has 7 atom stereocenters. The minimum absolute atomic E-state index is 0.106. The van der Waals surface area contributed by atoms with E-state index in [0.717, 1.165) is 120 Å². The molecule has 19 heteroatoms. The lowest BCUT2D eigenvalue weighted by Gasteiger charge is -2.21.